The minimum atomic E-state index is -0.112. The van der Waals surface area contributed by atoms with Crippen molar-refractivity contribution in [1.29, 1.82) is 0 Å². The number of benzene rings is 1. The van der Waals surface area contributed by atoms with Gasteiger partial charge in [-0.25, -0.2) is 9.98 Å². The Bertz CT molecular complexity index is 909. The van der Waals surface area contributed by atoms with Crippen molar-refractivity contribution in [3.63, 3.8) is 0 Å². The van der Waals surface area contributed by atoms with Gasteiger partial charge < -0.3 is 9.47 Å². The number of amidine groups is 1. The third-order valence-corrected chi connectivity index (χ3v) is 4.87. The van der Waals surface area contributed by atoms with Gasteiger partial charge in [0.2, 0.25) is 0 Å². The largest absolute Gasteiger partial charge is 0.497 e. The summed E-state index contributed by atoms with van der Waals surface area (Å²) in [4.78, 5) is 23.5. The number of amides is 1. The van der Waals surface area contributed by atoms with Crippen molar-refractivity contribution in [2.45, 2.75) is 6.92 Å². The highest BCUT2D eigenvalue weighted by Crippen LogP contribution is 2.35. The minimum Gasteiger partial charge on any atom is -0.497 e. The molecule has 7 heteroatoms. The first-order valence-corrected chi connectivity index (χ1v) is 8.75. The van der Waals surface area contributed by atoms with E-state index in [0.717, 1.165) is 11.3 Å². The molecule has 1 amide bonds. The fraction of sp³-hybridized carbons (Fsp3) is 0.211. The number of hydrogen-bond donors (Lipinski definition) is 0. The third-order valence-electron chi connectivity index (χ3n) is 3.81. The fourth-order valence-electron chi connectivity index (χ4n) is 2.42. The molecule has 0 unspecified atom stereocenters. The zero-order valence-electron chi connectivity index (χ0n) is 15.0. The summed E-state index contributed by atoms with van der Waals surface area (Å²) in [5.74, 6) is 1.80. The summed E-state index contributed by atoms with van der Waals surface area (Å²) in [5.41, 5.74) is 1.68. The fourth-order valence-corrected chi connectivity index (χ4v) is 3.39. The van der Waals surface area contributed by atoms with E-state index in [1.54, 1.807) is 33.4 Å². The van der Waals surface area contributed by atoms with Crippen LogP contribution in [-0.2, 0) is 4.79 Å². The van der Waals surface area contributed by atoms with Crippen molar-refractivity contribution in [3.8, 4) is 11.5 Å². The molecule has 2 heterocycles. The van der Waals surface area contributed by atoms with Crippen LogP contribution in [0.3, 0.4) is 0 Å². The molecule has 6 nitrogen and oxygen atoms in total. The quantitative estimate of drug-likeness (QED) is 0.770. The number of aryl methyl sites for hydroxylation is 1. The molecule has 0 spiro atoms. The van der Waals surface area contributed by atoms with Gasteiger partial charge in [-0.05, 0) is 49.0 Å². The van der Waals surface area contributed by atoms with Crippen molar-refractivity contribution in [1.82, 2.24) is 9.88 Å². The van der Waals surface area contributed by atoms with Gasteiger partial charge in [-0.1, -0.05) is 6.07 Å². The predicted molar refractivity (Wildman–Crippen MR) is 104 cm³/mol. The second-order valence-electron chi connectivity index (χ2n) is 5.61. The molecule has 1 aromatic carbocycles. The highest BCUT2D eigenvalue weighted by Gasteiger charge is 2.30. The van der Waals surface area contributed by atoms with Crippen LogP contribution in [0.1, 0.15) is 11.3 Å². The monoisotopic (exact) mass is 369 g/mol. The number of rotatable bonds is 4. The molecule has 0 N–H and O–H groups in total. The summed E-state index contributed by atoms with van der Waals surface area (Å²) >= 11 is 1.31. The molecule has 3 rings (SSSR count). The van der Waals surface area contributed by atoms with Gasteiger partial charge in [-0.15, -0.1) is 0 Å². The molecule has 1 aliphatic heterocycles. The molecule has 2 aromatic rings. The van der Waals surface area contributed by atoms with Crippen LogP contribution in [0.25, 0.3) is 6.08 Å². The van der Waals surface area contributed by atoms with E-state index in [0.29, 0.717) is 27.4 Å². The van der Waals surface area contributed by atoms with E-state index in [1.807, 2.05) is 37.3 Å². The van der Waals surface area contributed by atoms with Crippen molar-refractivity contribution in [2.75, 3.05) is 21.3 Å². The maximum absolute atomic E-state index is 12.6. The number of hydrogen-bond acceptors (Lipinski definition) is 6. The molecule has 1 aromatic heterocycles. The number of aromatic nitrogens is 1. The molecule has 1 saturated heterocycles. The van der Waals surface area contributed by atoms with Crippen LogP contribution < -0.4 is 9.47 Å². The lowest BCUT2D eigenvalue weighted by Crippen LogP contribution is -2.23. The van der Waals surface area contributed by atoms with Crippen molar-refractivity contribution in [2.24, 2.45) is 4.99 Å². The second-order valence-corrected chi connectivity index (χ2v) is 6.62. The Morgan fingerprint density at radius 2 is 2.00 bits per heavy atom. The zero-order valence-corrected chi connectivity index (χ0v) is 15.8. The normalized spacial score (nSPS) is 17.2. The Kier molecular flexibility index (Phi) is 5.27. The molecule has 134 valence electrons. The van der Waals surface area contributed by atoms with Gasteiger partial charge in [0.05, 0.1) is 19.1 Å². The Morgan fingerprint density at radius 1 is 1.19 bits per heavy atom. The van der Waals surface area contributed by atoms with E-state index in [2.05, 4.69) is 9.98 Å². The molecule has 0 saturated carbocycles. The van der Waals surface area contributed by atoms with E-state index < -0.39 is 0 Å². The van der Waals surface area contributed by atoms with Crippen LogP contribution in [0.2, 0.25) is 0 Å². The lowest BCUT2D eigenvalue weighted by atomic mass is 10.1. The summed E-state index contributed by atoms with van der Waals surface area (Å²) in [7, 11) is 4.89. The van der Waals surface area contributed by atoms with Crippen LogP contribution in [0.4, 0.5) is 5.82 Å². The number of methoxy groups -OCH3 is 2. The maximum atomic E-state index is 12.6. The summed E-state index contributed by atoms with van der Waals surface area (Å²) in [6, 6.07) is 11.1. The number of aliphatic imine (C=N–C) groups is 1. The summed E-state index contributed by atoms with van der Waals surface area (Å²) in [6.45, 7) is 1.90. The van der Waals surface area contributed by atoms with Crippen LogP contribution >= 0.6 is 11.8 Å². The minimum absolute atomic E-state index is 0.112. The third kappa shape index (κ3) is 3.72. The molecule has 0 radical (unpaired) electrons. The van der Waals surface area contributed by atoms with Gasteiger partial charge in [0.25, 0.3) is 5.91 Å². The summed E-state index contributed by atoms with van der Waals surface area (Å²) in [5, 5.41) is 0.590. The molecule has 0 bridgehead atoms. The highest BCUT2D eigenvalue weighted by molar-refractivity contribution is 8.18. The van der Waals surface area contributed by atoms with E-state index in [4.69, 9.17) is 9.47 Å². The average molecular weight is 369 g/mol. The molecular weight excluding hydrogens is 350 g/mol. The van der Waals surface area contributed by atoms with Gasteiger partial charge in [-0.2, -0.15) is 0 Å². The van der Waals surface area contributed by atoms with Crippen LogP contribution in [-0.4, -0.2) is 42.2 Å². The van der Waals surface area contributed by atoms with Crippen molar-refractivity contribution >= 4 is 34.7 Å². The Labute approximate surface area is 156 Å². The number of carbonyl (C=O) groups is 1. The van der Waals surface area contributed by atoms with Crippen LogP contribution in [0, 0.1) is 6.92 Å². The van der Waals surface area contributed by atoms with Crippen molar-refractivity contribution in [3.05, 3.63) is 52.6 Å². The number of nitrogens with zero attached hydrogens (tertiary/aromatic N) is 3. The van der Waals surface area contributed by atoms with E-state index in [-0.39, 0.29) is 5.91 Å². The molecule has 0 atom stereocenters. The molecule has 0 aliphatic carbocycles. The Morgan fingerprint density at radius 3 is 2.69 bits per heavy atom. The topological polar surface area (TPSA) is 64.0 Å². The van der Waals surface area contributed by atoms with Gasteiger partial charge in [0.15, 0.2) is 11.0 Å². The lowest BCUT2D eigenvalue weighted by Gasteiger charge is -2.08. The van der Waals surface area contributed by atoms with E-state index in [9.17, 15) is 4.79 Å². The second kappa shape index (κ2) is 7.61. The lowest BCUT2D eigenvalue weighted by molar-refractivity contribution is -0.121. The Hall–Kier alpha value is -2.80. The van der Waals surface area contributed by atoms with E-state index >= 15 is 0 Å². The standard InChI is InChI=1S/C19H19N3O3S/c1-12-6-5-7-17(20-12)21-19-22(2)18(23)16(26-19)10-13-8-9-14(24-3)11-15(13)25-4/h5-11H,1-4H3/b16-10-,21-19+. The van der Waals surface area contributed by atoms with Crippen LogP contribution in [0.15, 0.2) is 46.3 Å². The number of likely N-dealkylation sites (N-methyl/N-ethyl adjacent to an activating group) is 1. The van der Waals surface area contributed by atoms with Crippen molar-refractivity contribution < 1.29 is 14.3 Å². The maximum Gasteiger partial charge on any atom is 0.266 e. The number of thioether (sulfide) groups is 1. The smallest absolute Gasteiger partial charge is 0.266 e. The molecule has 1 fully saturated rings. The molecular formula is C19H19N3O3S. The number of pyridine rings is 1. The average Bonchev–Trinajstić information content (AvgIpc) is 2.90. The zero-order chi connectivity index (χ0) is 18.7. The number of carbonyl (C=O) groups excluding carboxylic acids is 1. The van der Waals surface area contributed by atoms with E-state index in [1.165, 1.54) is 16.7 Å². The first-order chi connectivity index (χ1) is 12.5. The first-order valence-electron chi connectivity index (χ1n) is 7.94. The highest BCUT2D eigenvalue weighted by atomic mass is 32.2. The SMILES string of the molecule is COc1ccc(/C=C2\S/C(=N/c3cccc(C)n3)N(C)C2=O)c(OC)c1. The first kappa shape index (κ1) is 18.0. The van der Waals surface area contributed by atoms with Gasteiger partial charge >= 0.3 is 0 Å². The molecule has 1 aliphatic rings. The summed E-state index contributed by atoms with van der Waals surface area (Å²) < 4.78 is 10.6. The van der Waals surface area contributed by atoms with Gasteiger partial charge in [-0.3, -0.25) is 9.69 Å². The predicted octanol–water partition coefficient (Wildman–Crippen LogP) is 3.64. The summed E-state index contributed by atoms with van der Waals surface area (Å²) in [6.07, 6.45) is 1.80. The van der Waals surface area contributed by atoms with Gasteiger partial charge in [0, 0.05) is 24.4 Å². The Balaban J connectivity index is 1.93. The molecule has 26 heavy (non-hydrogen) atoms. The van der Waals surface area contributed by atoms with Crippen LogP contribution in [0.5, 0.6) is 11.5 Å². The van der Waals surface area contributed by atoms with Gasteiger partial charge in [0.1, 0.15) is 11.5 Å². The number of ether oxygens (including phenoxy) is 2.